The lowest BCUT2D eigenvalue weighted by atomic mass is 10.5. The average molecular weight is 198 g/mol. The van der Waals surface area contributed by atoms with E-state index in [1.807, 2.05) is 0 Å². The van der Waals surface area contributed by atoms with Crippen molar-refractivity contribution in [2.45, 2.75) is 20.0 Å². The number of hydrogen-bond donors (Lipinski definition) is 2. The molecule has 0 saturated heterocycles. The molecule has 0 unspecified atom stereocenters. The molecule has 1 rings (SSSR count). The number of anilines is 2. The van der Waals surface area contributed by atoms with Crippen LogP contribution in [0, 0.1) is 0 Å². The van der Waals surface area contributed by atoms with E-state index in [0.717, 1.165) is 0 Å². The SMILES string of the molecule is CC(C)OC(=O)Nc1c(N)cnn1C. The van der Waals surface area contributed by atoms with E-state index in [2.05, 4.69) is 10.4 Å². The van der Waals surface area contributed by atoms with Gasteiger partial charge in [-0.1, -0.05) is 0 Å². The normalized spacial score (nSPS) is 10.3. The number of amides is 1. The number of nitrogens with two attached hydrogens (primary N) is 1. The van der Waals surface area contributed by atoms with Crippen LogP contribution in [0.1, 0.15) is 13.8 Å². The van der Waals surface area contributed by atoms with E-state index in [1.54, 1.807) is 20.9 Å². The van der Waals surface area contributed by atoms with Gasteiger partial charge in [0.1, 0.15) is 0 Å². The van der Waals surface area contributed by atoms with Gasteiger partial charge in [-0.15, -0.1) is 0 Å². The minimum atomic E-state index is -0.532. The predicted molar refractivity (Wildman–Crippen MR) is 52.9 cm³/mol. The summed E-state index contributed by atoms with van der Waals surface area (Å²) in [6, 6.07) is 0. The Morgan fingerprint density at radius 2 is 2.36 bits per heavy atom. The third-order valence-electron chi connectivity index (χ3n) is 1.53. The Kier molecular flexibility index (Phi) is 2.95. The van der Waals surface area contributed by atoms with E-state index in [0.29, 0.717) is 11.5 Å². The van der Waals surface area contributed by atoms with Crippen molar-refractivity contribution in [1.82, 2.24) is 9.78 Å². The van der Waals surface area contributed by atoms with Gasteiger partial charge in [-0.2, -0.15) is 5.10 Å². The molecule has 0 fully saturated rings. The van der Waals surface area contributed by atoms with Crippen molar-refractivity contribution in [3.05, 3.63) is 6.20 Å². The molecule has 1 amide bonds. The summed E-state index contributed by atoms with van der Waals surface area (Å²) in [4.78, 5) is 11.2. The summed E-state index contributed by atoms with van der Waals surface area (Å²) < 4.78 is 6.36. The summed E-state index contributed by atoms with van der Waals surface area (Å²) in [6.45, 7) is 3.54. The highest BCUT2D eigenvalue weighted by Crippen LogP contribution is 2.15. The summed E-state index contributed by atoms with van der Waals surface area (Å²) in [5.41, 5.74) is 5.98. The summed E-state index contributed by atoms with van der Waals surface area (Å²) >= 11 is 0. The maximum absolute atomic E-state index is 11.2. The van der Waals surface area contributed by atoms with Crippen molar-refractivity contribution in [3.63, 3.8) is 0 Å². The Morgan fingerprint density at radius 3 is 2.79 bits per heavy atom. The van der Waals surface area contributed by atoms with Gasteiger partial charge in [0.25, 0.3) is 0 Å². The summed E-state index contributed by atoms with van der Waals surface area (Å²) in [6.07, 6.45) is 0.769. The van der Waals surface area contributed by atoms with Gasteiger partial charge in [-0.05, 0) is 13.8 Å². The van der Waals surface area contributed by atoms with E-state index >= 15 is 0 Å². The van der Waals surface area contributed by atoms with E-state index in [9.17, 15) is 4.79 Å². The molecular weight excluding hydrogens is 184 g/mol. The summed E-state index contributed by atoms with van der Waals surface area (Å²) in [7, 11) is 1.68. The highest BCUT2D eigenvalue weighted by molar-refractivity contribution is 5.87. The average Bonchev–Trinajstić information content (AvgIpc) is 2.34. The van der Waals surface area contributed by atoms with Crippen LogP contribution in [0.5, 0.6) is 0 Å². The number of nitrogen functional groups attached to an aromatic ring is 1. The lowest BCUT2D eigenvalue weighted by Crippen LogP contribution is -2.20. The molecule has 0 aliphatic heterocycles. The van der Waals surface area contributed by atoms with Crippen LogP contribution < -0.4 is 11.1 Å². The number of aryl methyl sites for hydroxylation is 1. The number of carbonyl (C=O) groups excluding carboxylic acids is 1. The second-order valence-electron chi connectivity index (χ2n) is 3.15. The van der Waals surface area contributed by atoms with Crippen molar-refractivity contribution >= 4 is 17.6 Å². The van der Waals surface area contributed by atoms with Gasteiger partial charge in [0.2, 0.25) is 0 Å². The van der Waals surface area contributed by atoms with Crippen molar-refractivity contribution in [1.29, 1.82) is 0 Å². The van der Waals surface area contributed by atoms with Gasteiger partial charge < -0.3 is 10.5 Å². The molecule has 14 heavy (non-hydrogen) atoms. The van der Waals surface area contributed by atoms with Crippen LogP contribution in [0.25, 0.3) is 0 Å². The molecule has 0 aliphatic carbocycles. The fraction of sp³-hybridized carbons (Fsp3) is 0.500. The van der Waals surface area contributed by atoms with Gasteiger partial charge in [0.05, 0.1) is 18.0 Å². The molecule has 0 aromatic carbocycles. The van der Waals surface area contributed by atoms with Crippen molar-refractivity contribution in [2.75, 3.05) is 11.1 Å². The smallest absolute Gasteiger partial charge is 0.413 e. The standard InChI is InChI=1S/C8H14N4O2/c1-5(2)14-8(13)11-7-6(9)4-10-12(7)3/h4-5H,9H2,1-3H3,(H,11,13). The zero-order valence-electron chi connectivity index (χ0n) is 8.44. The van der Waals surface area contributed by atoms with Gasteiger partial charge in [-0.3, -0.25) is 10.00 Å². The number of aromatic nitrogens is 2. The molecule has 1 heterocycles. The second-order valence-corrected chi connectivity index (χ2v) is 3.15. The molecule has 1 aromatic rings. The van der Waals surface area contributed by atoms with E-state index in [1.165, 1.54) is 10.9 Å². The first-order valence-corrected chi connectivity index (χ1v) is 4.26. The van der Waals surface area contributed by atoms with Crippen molar-refractivity contribution in [3.8, 4) is 0 Å². The molecule has 6 nitrogen and oxygen atoms in total. The molecular formula is C8H14N4O2. The molecule has 0 aliphatic rings. The van der Waals surface area contributed by atoms with Gasteiger partial charge in [-0.25, -0.2) is 4.79 Å². The van der Waals surface area contributed by atoms with Crippen LogP contribution in [0.2, 0.25) is 0 Å². The monoisotopic (exact) mass is 198 g/mol. The van der Waals surface area contributed by atoms with Crippen LogP contribution in [-0.2, 0) is 11.8 Å². The quantitative estimate of drug-likeness (QED) is 0.741. The zero-order valence-corrected chi connectivity index (χ0v) is 8.44. The minimum absolute atomic E-state index is 0.163. The summed E-state index contributed by atoms with van der Waals surface area (Å²) in [5, 5.41) is 6.37. The van der Waals surface area contributed by atoms with Crippen LogP contribution in [0.3, 0.4) is 0 Å². The number of nitrogens with one attached hydrogen (secondary N) is 1. The topological polar surface area (TPSA) is 82.2 Å². The first-order valence-electron chi connectivity index (χ1n) is 4.26. The van der Waals surface area contributed by atoms with E-state index in [-0.39, 0.29) is 6.10 Å². The molecule has 3 N–H and O–H groups in total. The Labute approximate surface area is 82.0 Å². The second kappa shape index (κ2) is 3.99. The van der Waals surface area contributed by atoms with Crippen LogP contribution in [-0.4, -0.2) is 22.0 Å². The summed E-state index contributed by atoms with van der Waals surface area (Å²) in [5.74, 6) is 0.440. The first-order chi connectivity index (χ1) is 6.50. The highest BCUT2D eigenvalue weighted by atomic mass is 16.6. The number of nitrogens with zero attached hydrogens (tertiary/aromatic N) is 2. The fourth-order valence-electron chi connectivity index (χ4n) is 0.948. The fourth-order valence-corrected chi connectivity index (χ4v) is 0.948. The molecule has 0 saturated carbocycles. The zero-order chi connectivity index (χ0) is 10.7. The van der Waals surface area contributed by atoms with E-state index in [4.69, 9.17) is 10.5 Å². The molecule has 0 spiro atoms. The molecule has 0 bridgehead atoms. The van der Waals surface area contributed by atoms with Crippen molar-refractivity contribution in [2.24, 2.45) is 7.05 Å². The maximum atomic E-state index is 11.2. The maximum Gasteiger partial charge on any atom is 0.413 e. The molecule has 1 aromatic heterocycles. The highest BCUT2D eigenvalue weighted by Gasteiger charge is 2.11. The number of hydrogen-bond acceptors (Lipinski definition) is 4. The van der Waals surface area contributed by atoms with Crippen LogP contribution >= 0.6 is 0 Å². The molecule has 0 radical (unpaired) electrons. The Balaban J connectivity index is 2.64. The number of ether oxygens (including phenoxy) is 1. The molecule has 0 atom stereocenters. The molecule has 6 heteroatoms. The number of rotatable bonds is 2. The molecule has 78 valence electrons. The lowest BCUT2D eigenvalue weighted by molar-refractivity contribution is 0.129. The Hall–Kier alpha value is -1.72. The van der Waals surface area contributed by atoms with Crippen molar-refractivity contribution < 1.29 is 9.53 Å². The van der Waals surface area contributed by atoms with E-state index < -0.39 is 6.09 Å². The number of carbonyl (C=O) groups is 1. The largest absolute Gasteiger partial charge is 0.447 e. The first kappa shape index (κ1) is 10.4. The predicted octanol–water partition coefficient (Wildman–Crippen LogP) is 0.959. The van der Waals surface area contributed by atoms with Gasteiger partial charge in [0.15, 0.2) is 5.82 Å². The van der Waals surface area contributed by atoms with Crippen LogP contribution in [0.15, 0.2) is 6.20 Å². The third-order valence-corrected chi connectivity index (χ3v) is 1.53. The van der Waals surface area contributed by atoms with Gasteiger partial charge >= 0.3 is 6.09 Å². The van der Waals surface area contributed by atoms with Gasteiger partial charge in [0, 0.05) is 7.05 Å². The third kappa shape index (κ3) is 2.38. The minimum Gasteiger partial charge on any atom is -0.447 e. The Bertz CT molecular complexity index is 313. The Morgan fingerprint density at radius 1 is 1.71 bits per heavy atom. The van der Waals surface area contributed by atoms with Crippen LogP contribution in [0.4, 0.5) is 16.3 Å². The lowest BCUT2D eigenvalue weighted by Gasteiger charge is -2.09.